The molecule has 1 heterocycles. The molecule has 2 rings (SSSR count). The van der Waals surface area contributed by atoms with Crippen LogP contribution >= 0.6 is 0 Å². The number of hydrogen-bond donors (Lipinski definition) is 0. The maximum Gasteiger partial charge on any atom is 0.328 e. The van der Waals surface area contributed by atoms with E-state index < -0.39 is 5.63 Å². The summed E-state index contributed by atoms with van der Waals surface area (Å²) < 4.78 is 5.36. The zero-order chi connectivity index (χ0) is 14.9. The Labute approximate surface area is 121 Å². The van der Waals surface area contributed by atoms with Crippen molar-refractivity contribution in [2.75, 3.05) is 18.0 Å². The van der Waals surface area contributed by atoms with E-state index in [0.29, 0.717) is 11.5 Å². The molecular formula is C16H20BNO2. The predicted molar refractivity (Wildman–Crippen MR) is 85.5 cm³/mol. The summed E-state index contributed by atoms with van der Waals surface area (Å²) in [5.74, 6) is 0.333. The highest BCUT2D eigenvalue weighted by Crippen LogP contribution is 2.30. The highest BCUT2D eigenvalue weighted by molar-refractivity contribution is 6.32. The Morgan fingerprint density at radius 1 is 1.20 bits per heavy atom. The second-order valence-electron chi connectivity index (χ2n) is 5.26. The Hall–Kier alpha value is -1.71. The molecular weight excluding hydrogens is 249 g/mol. The summed E-state index contributed by atoms with van der Waals surface area (Å²) in [5, 5.41) is 0.924. The lowest BCUT2D eigenvalue weighted by Crippen LogP contribution is -2.24. The van der Waals surface area contributed by atoms with Gasteiger partial charge in [0.05, 0.1) is 0 Å². The number of benzene rings is 1. The van der Waals surface area contributed by atoms with E-state index in [1.165, 1.54) is 0 Å². The van der Waals surface area contributed by atoms with Crippen molar-refractivity contribution in [3.05, 3.63) is 34.2 Å². The molecule has 1 aromatic heterocycles. The summed E-state index contributed by atoms with van der Waals surface area (Å²) in [4.78, 5) is 13.9. The van der Waals surface area contributed by atoms with Gasteiger partial charge in [0.2, 0.25) is 0 Å². The van der Waals surface area contributed by atoms with Gasteiger partial charge < -0.3 is 9.32 Å². The van der Waals surface area contributed by atoms with E-state index in [4.69, 9.17) is 12.3 Å². The summed E-state index contributed by atoms with van der Waals surface area (Å²) in [7, 11) is 5.69. The first-order chi connectivity index (χ1) is 9.47. The SMILES string of the molecule is [B]c1cc2c(C(C)C)cc(N(CC)CC)cc2oc1=O. The average molecular weight is 269 g/mol. The molecule has 2 radical (unpaired) electrons. The van der Waals surface area contributed by atoms with E-state index in [0.717, 1.165) is 29.7 Å². The van der Waals surface area contributed by atoms with E-state index in [1.807, 2.05) is 6.07 Å². The van der Waals surface area contributed by atoms with Crippen molar-refractivity contribution in [3.63, 3.8) is 0 Å². The van der Waals surface area contributed by atoms with Gasteiger partial charge in [-0.3, -0.25) is 0 Å². The average Bonchev–Trinajstić information content (AvgIpc) is 2.41. The van der Waals surface area contributed by atoms with Crippen LogP contribution in [0.25, 0.3) is 11.0 Å². The van der Waals surface area contributed by atoms with Gasteiger partial charge in [0.25, 0.3) is 0 Å². The second-order valence-corrected chi connectivity index (χ2v) is 5.26. The van der Waals surface area contributed by atoms with Crippen LogP contribution in [0.3, 0.4) is 0 Å². The van der Waals surface area contributed by atoms with E-state index in [2.05, 4.69) is 38.7 Å². The van der Waals surface area contributed by atoms with Crippen molar-refractivity contribution in [1.82, 2.24) is 0 Å². The lowest BCUT2D eigenvalue weighted by molar-refractivity contribution is 0.566. The number of nitrogens with zero attached hydrogens (tertiary/aromatic N) is 1. The molecule has 2 aromatic rings. The van der Waals surface area contributed by atoms with E-state index in [-0.39, 0.29) is 5.46 Å². The molecule has 0 saturated carbocycles. The monoisotopic (exact) mass is 269 g/mol. The van der Waals surface area contributed by atoms with Crippen molar-refractivity contribution in [2.24, 2.45) is 0 Å². The third-order valence-electron chi connectivity index (χ3n) is 3.65. The molecule has 3 nitrogen and oxygen atoms in total. The van der Waals surface area contributed by atoms with Gasteiger partial charge >= 0.3 is 5.63 Å². The fourth-order valence-corrected chi connectivity index (χ4v) is 2.49. The molecule has 1 aromatic carbocycles. The Morgan fingerprint density at radius 2 is 1.85 bits per heavy atom. The lowest BCUT2D eigenvalue weighted by atomic mass is 9.92. The van der Waals surface area contributed by atoms with Crippen molar-refractivity contribution >= 4 is 30.0 Å². The molecule has 0 bridgehead atoms. The molecule has 4 heteroatoms. The van der Waals surface area contributed by atoms with Crippen molar-refractivity contribution in [3.8, 4) is 0 Å². The predicted octanol–water partition coefficient (Wildman–Crippen LogP) is 2.56. The first-order valence-corrected chi connectivity index (χ1v) is 7.10. The van der Waals surface area contributed by atoms with Gasteiger partial charge in [-0.05, 0) is 36.9 Å². The van der Waals surface area contributed by atoms with Crippen LogP contribution in [0, 0.1) is 0 Å². The molecule has 0 amide bonds. The number of rotatable bonds is 4. The summed E-state index contributed by atoms with van der Waals surface area (Å²) in [6.07, 6.45) is 0. The Morgan fingerprint density at radius 3 is 2.40 bits per heavy atom. The fraction of sp³-hybridized carbons (Fsp3) is 0.438. The van der Waals surface area contributed by atoms with Crippen molar-refractivity contribution in [1.29, 1.82) is 0 Å². The van der Waals surface area contributed by atoms with E-state index in [1.54, 1.807) is 6.07 Å². The van der Waals surface area contributed by atoms with Gasteiger partial charge in [0.15, 0.2) is 0 Å². The van der Waals surface area contributed by atoms with Gasteiger partial charge in [0, 0.05) is 30.2 Å². The third kappa shape index (κ3) is 2.60. The second kappa shape index (κ2) is 5.74. The quantitative estimate of drug-likeness (QED) is 0.631. The Kier molecular flexibility index (Phi) is 4.22. The molecule has 0 spiro atoms. The fourth-order valence-electron chi connectivity index (χ4n) is 2.49. The smallest absolute Gasteiger partial charge is 0.328 e. The van der Waals surface area contributed by atoms with Crippen molar-refractivity contribution in [2.45, 2.75) is 33.6 Å². The van der Waals surface area contributed by atoms with Gasteiger partial charge in [-0.15, -0.1) is 0 Å². The molecule has 0 saturated heterocycles. The number of hydrogen-bond acceptors (Lipinski definition) is 3. The van der Waals surface area contributed by atoms with Crippen molar-refractivity contribution < 1.29 is 4.42 Å². The summed E-state index contributed by atoms with van der Waals surface area (Å²) in [6.45, 7) is 10.3. The number of fused-ring (bicyclic) bond motifs is 1. The maximum atomic E-state index is 11.6. The van der Waals surface area contributed by atoms with Gasteiger partial charge in [-0.2, -0.15) is 0 Å². The van der Waals surface area contributed by atoms with Gasteiger partial charge in [-0.1, -0.05) is 19.9 Å². The standard InChI is InChI=1S/C16H20BNO2/c1-5-18(6-2)11-7-12(10(3)4)13-9-14(17)16(19)20-15(13)8-11/h7-10H,5-6H2,1-4H3. The molecule has 0 aliphatic carbocycles. The summed E-state index contributed by atoms with van der Waals surface area (Å²) >= 11 is 0. The zero-order valence-corrected chi connectivity index (χ0v) is 12.6. The largest absolute Gasteiger partial charge is 0.423 e. The Balaban J connectivity index is 2.76. The molecule has 0 aliphatic rings. The van der Waals surface area contributed by atoms with Crippen LogP contribution in [-0.2, 0) is 0 Å². The normalized spacial score (nSPS) is 11.2. The molecule has 0 N–H and O–H groups in total. The van der Waals surface area contributed by atoms with E-state index >= 15 is 0 Å². The van der Waals surface area contributed by atoms with Gasteiger partial charge in [0.1, 0.15) is 13.4 Å². The van der Waals surface area contributed by atoms with Gasteiger partial charge in [-0.25, -0.2) is 4.79 Å². The van der Waals surface area contributed by atoms with Crippen LogP contribution in [0.15, 0.2) is 27.4 Å². The minimum Gasteiger partial charge on any atom is -0.423 e. The minimum atomic E-state index is -0.469. The Bertz CT molecular complexity index is 672. The lowest BCUT2D eigenvalue weighted by Gasteiger charge is -2.23. The van der Waals surface area contributed by atoms with Crippen LogP contribution in [0.4, 0.5) is 5.69 Å². The zero-order valence-electron chi connectivity index (χ0n) is 12.6. The topological polar surface area (TPSA) is 33.5 Å². The molecule has 0 atom stereocenters. The first-order valence-electron chi connectivity index (χ1n) is 7.10. The number of anilines is 1. The van der Waals surface area contributed by atoms with Crippen LogP contribution in [0.2, 0.25) is 0 Å². The maximum absolute atomic E-state index is 11.6. The summed E-state index contributed by atoms with van der Waals surface area (Å²) in [5.41, 5.74) is 2.54. The van der Waals surface area contributed by atoms with E-state index in [9.17, 15) is 4.79 Å². The van der Waals surface area contributed by atoms with Crippen LogP contribution in [0.5, 0.6) is 0 Å². The third-order valence-corrected chi connectivity index (χ3v) is 3.65. The molecule has 104 valence electrons. The van der Waals surface area contributed by atoms with Crippen LogP contribution in [0.1, 0.15) is 39.2 Å². The first kappa shape index (κ1) is 14.7. The minimum absolute atomic E-state index is 0.162. The highest BCUT2D eigenvalue weighted by Gasteiger charge is 2.13. The summed E-state index contributed by atoms with van der Waals surface area (Å²) in [6, 6.07) is 5.82. The molecule has 0 aliphatic heterocycles. The molecule has 20 heavy (non-hydrogen) atoms. The molecule has 0 unspecified atom stereocenters. The van der Waals surface area contributed by atoms with Crippen LogP contribution in [-0.4, -0.2) is 20.9 Å². The highest BCUT2D eigenvalue weighted by atomic mass is 16.4. The molecule has 0 fully saturated rings. The van der Waals surface area contributed by atoms with Crippen LogP contribution < -0.4 is 16.0 Å².